The Balaban J connectivity index is 0.000000189. The zero-order valence-electron chi connectivity index (χ0n) is 34.8. The van der Waals surface area contributed by atoms with Crippen LogP contribution in [0, 0.1) is 0 Å². The number of hydrogen-bond donors (Lipinski definition) is 1. The maximum Gasteiger partial charge on any atom is 0.410 e. The first-order valence-corrected chi connectivity index (χ1v) is 21.4. The molecule has 0 bridgehead atoms. The zero-order valence-corrected chi connectivity index (χ0v) is 36.3. The van der Waals surface area contributed by atoms with Crippen molar-refractivity contribution in [2.75, 3.05) is 75.2 Å². The number of fused-ring (bicyclic) bond motifs is 2. The molecule has 3 amide bonds. The van der Waals surface area contributed by atoms with Crippen LogP contribution in [0.2, 0.25) is 10.6 Å². The summed E-state index contributed by atoms with van der Waals surface area (Å²) in [5, 5.41) is 3.73. The van der Waals surface area contributed by atoms with Gasteiger partial charge in [-0.1, -0.05) is 60.7 Å². The van der Waals surface area contributed by atoms with Gasteiger partial charge in [-0.15, -0.1) is 0 Å². The molecule has 0 radical (unpaired) electrons. The maximum absolute atomic E-state index is 12.5. The summed E-state index contributed by atoms with van der Waals surface area (Å²) in [4.78, 5) is 64.4. The Morgan fingerprint density at radius 1 is 0.607 bits per heavy atom. The van der Waals surface area contributed by atoms with E-state index in [1.54, 1.807) is 14.7 Å². The lowest BCUT2D eigenvalue weighted by atomic mass is 10.0. The fourth-order valence-electron chi connectivity index (χ4n) is 7.52. The standard InChI is InChI=1S/C24H30ClN5O4.C19H22ClN5O2/c1-24(2,3)34-23(32)30-10-9-18-19(15-30)26-21(25)27-20(18)28-11-13-29(14-12-28)22(31)33-16-17-7-5-4-6-8-17;20-18-22-16-12-21-7-6-15(16)17(23-18)24-8-10-25(11-9-24)19(26)27-13-14-4-2-1-3-5-14/h4-8H,9-16H2,1-3H3;1-5,21H,6-13H2. The molecular formula is C43H52Cl2N10O6. The highest BCUT2D eigenvalue weighted by Gasteiger charge is 2.32. The van der Waals surface area contributed by atoms with Gasteiger partial charge in [0, 0.05) is 76.6 Å². The molecular weight excluding hydrogens is 823 g/mol. The molecule has 0 saturated carbocycles. The molecule has 4 aromatic rings. The second kappa shape index (κ2) is 19.9. The third-order valence-corrected chi connectivity index (χ3v) is 11.0. The number of carbonyl (C=O) groups excluding carboxylic acids is 3. The second-order valence-electron chi connectivity index (χ2n) is 16.1. The lowest BCUT2D eigenvalue weighted by Crippen LogP contribution is -2.50. The molecule has 2 saturated heterocycles. The third-order valence-electron chi connectivity index (χ3n) is 10.6. The first kappa shape index (κ1) is 43.6. The number of halogens is 2. The molecule has 16 nitrogen and oxygen atoms in total. The van der Waals surface area contributed by atoms with E-state index in [1.807, 2.05) is 81.4 Å². The molecule has 1 N–H and O–H groups in total. The number of nitrogens with one attached hydrogen (secondary N) is 1. The fourth-order valence-corrected chi connectivity index (χ4v) is 7.88. The number of ether oxygens (including phenoxy) is 3. The minimum absolute atomic E-state index is 0.143. The summed E-state index contributed by atoms with van der Waals surface area (Å²) in [6, 6.07) is 19.3. The Kier molecular flexibility index (Phi) is 14.3. The van der Waals surface area contributed by atoms with Crippen molar-refractivity contribution in [2.45, 2.75) is 65.5 Å². The summed E-state index contributed by atoms with van der Waals surface area (Å²) < 4.78 is 16.4. The summed E-state index contributed by atoms with van der Waals surface area (Å²) in [6.07, 6.45) is 0.545. The Morgan fingerprint density at radius 2 is 1.08 bits per heavy atom. The highest BCUT2D eigenvalue weighted by molar-refractivity contribution is 6.28. The van der Waals surface area contributed by atoms with Gasteiger partial charge in [0.05, 0.1) is 17.9 Å². The zero-order chi connectivity index (χ0) is 42.9. The van der Waals surface area contributed by atoms with Crippen molar-refractivity contribution >= 4 is 53.1 Å². The summed E-state index contributed by atoms with van der Waals surface area (Å²) in [5.74, 6) is 1.68. The molecule has 6 heterocycles. The molecule has 0 atom stereocenters. The Bertz CT molecular complexity index is 2150. The molecule has 18 heteroatoms. The van der Waals surface area contributed by atoms with E-state index >= 15 is 0 Å². The molecule has 61 heavy (non-hydrogen) atoms. The van der Waals surface area contributed by atoms with Crippen molar-refractivity contribution in [1.29, 1.82) is 0 Å². The number of anilines is 2. The van der Waals surface area contributed by atoms with Gasteiger partial charge in [0.2, 0.25) is 10.6 Å². The summed E-state index contributed by atoms with van der Waals surface area (Å²) in [5.41, 5.74) is 5.24. The molecule has 2 aromatic carbocycles. The van der Waals surface area contributed by atoms with Crippen LogP contribution >= 0.6 is 23.2 Å². The fraction of sp³-hybridized carbons (Fsp3) is 0.465. The van der Waals surface area contributed by atoms with E-state index in [9.17, 15) is 14.4 Å². The van der Waals surface area contributed by atoms with E-state index in [0.29, 0.717) is 78.5 Å². The van der Waals surface area contributed by atoms with Gasteiger partial charge >= 0.3 is 18.3 Å². The number of aromatic nitrogens is 4. The van der Waals surface area contributed by atoms with Crippen LogP contribution in [0.25, 0.3) is 0 Å². The van der Waals surface area contributed by atoms with Crippen molar-refractivity contribution in [3.63, 3.8) is 0 Å². The summed E-state index contributed by atoms with van der Waals surface area (Å²) >= 11 is 12.4. The number of hydrogen-bond acceptors (Lipinski definition) is 13. The van der Waals surface area contributed by atoms with Crippen LogP contribution in [0.15, 0.2) is 60.7 Å². The third kappa shape index (κ3) is 11.7. The molecule has 2 fully saturated rings. The molecule has 2 aromatic heterocycles. The number of amides is 3. The SMILES string of the molecule is CC(C)(C)OC(=O)N1CCc2c(nc(Cl)nc2N2CCN(C(=O)OCc3ccccc3)CC2)C1.O=C(OCc1ccccc1)N1CCN(c2nc(Cl)nc3c2CCNC3)CC1. The monoisotopic (exact) mass is 874 g/mol. The molecule has 0 aliphatic carbocycles. The number of nitrogens with zero attached hydrogens (tertiary/aromatic N) is 9. The first-order valence-electron chi connectivity index (χ1n) is 20.6. The molecule has 8 rings (SSSR count). The minimum atomic E-state index is -0.562. The van der Waals surface area contributed by atoms with Gasteiger partial charge in [0.15, 0.2) is 0 Å². The van der Waals surface area contributed by atoms with E-state index in [-0.39, 0.29) is 35.5 Å². The number of benzene rings is 2. The Hall–Kier alpha value is -5.45. The van der Waals surface area contributed by atoms with Crippen molar-refractivity contribution < 1.29 is 28.6 Å². The van der Waals surface area contributed by atoms with Crippen LogP contribution in [-0.4, -0.2) is 124 Å². The van der Waals surface area contributed by atoms with Gasteiger partial charge in [0.1, 0.15) is 30.5 Å². The number of piperazine rings is 2. The highest BCUT2D eigenvalue weighted by Crippen LogP contribution is 2.30. The molecule has 4 aliphatic rings. The van der Waals surface area contributed by atoms with Crippen LogP contribution in [0.4, 0.5) is 26.0 Å². The van der Waals surface area contributed by atoms with Crippen LogP contribution in [0.5, 0.6) is 0 Å². The smallest absolute Gasteiger partial charge is 0.410 e. The van der Waals surface area contributed by atoms with Gasteiger partial charge in [-0.25, -0.2) is 34.3 Å². The maximum atomic E-state index is 12.5. The van der Waals surface area contributed by atoms with Gasteiger partial charge in [-0.3, -0.25) is 0 Å². The van der Waals surface area contributed by atoms with Gasteiger partial charge in [-0.05, 0) is 74.5 Å². The molecule has 0 unspecified atom stereocenters. The Morgan fingerprint density at radius 3 is 1.57 bits per heavy atom. The van der Waals surface area contributed by atoms with E-state index in [4.69, 9.17) is 37.4 Å². The topological polar surface area (TPSA) is 159 Å². The lowest BCUT2D eigenvalue weighted by molar-refractivity contribution is 0.0220. The van der Waals surface area contributed by atoms with Crippen LogP contribution < -0.4 is 15.1 Å². The molecule has 0 spiro atoms. The Labute approximate surface area is 366 Å². The summed E-state index contributed by atoms with van der Waals surface area (Å²) in [7, 11) is 0. The van der Waals surface area contributed by atoms with E-state index in [2.05, 4.69) is 35.1 Å². The van der Waals surface area contributed by atoms with E-state index < -0.39 is 5.60 Å². The predicted molar refractivity (Wildman–Crippen MR) is 231 cm³/mol. The highest BCUT2D eigenvalue weighted by atomic mass is 35.5. The lowest BCUT2D eigenvalue weighted by Gasteiger charge is -2.37. The van der Waals surface area contributed by atoms with Crippen LogP contribution in [-0.2, 0) is 53.4 Å². The predicted octanol–water partition coefficient (Wildman–Crippen LogP) is 6.12. The molecule has 324 valence electrons. The van der Waals surface area contributed by atoms with Crippen LogP contribution in [0.3, 0.4) is 0 Å². The van der Waals surface area contributed by atoms with Gasteiger partial charge in [0.25, 0.3) is 0 Å². The van der Waals surface area contributed by atoms with Gasteiger partial charge < -0.3 is 44.0 Å². The number of carbonyl (C=O) groups is 3. The van der Waals surface area contributed by atoms with Crippen molar-refractivity contribution in [2.24, 2.45) is 0 Å². The number of rotatable bonds is 6. The van der Waals surface area contributed by atoms with Crippen molar-refractivity contribution in [3.8, 4) is 0 Å². The normalized spacial score (nSPS) is 16.4. The molecule has 4 aliphatic heterocycles. The van der Waals surface area contributed by atoms with E-state index in [1.165, 1.54) is 5.56 Å². The van der Waals surface area contributed by atoms with E-state index in [0.717, 1.165) is 59.2 Å². The van der Waals surface area contributed by atoms with Crippen molar-refractivity contribution in [1.82, 2.24) is 40.0 Å². The quantitative estimate of drug-likeness (QED) is 0.175. The largest absolute Gasteiger partial charge is 0.445 e. The van der Waals surface area contributed by atoms with Crippen LogP contribution in [0.1, 0.15) is 54.4 Å². The average molecular weight is 876 g/mol. The minimum Gasteiger partial charge on any atom is -0.445 e. The van der Waals surface area contributed by atoms with Crippen molar-refractivity contribution in [3.05, 3.63) is 105 Å². The second-order valence-corrected chi connectivity index (χ2v) is 16.8. The summed E-state index contributed by atoms with van der Waals surface area (Å²) in [6.45, 7) is 13.4. The van der Waals surface area contributed by atoms with Gasteiger partial charge in [-0.2, -0.15) is 0 Å². The first-order chi connectivity index (χ1) is 29.4. The average Bonchev–Trinajstić information content (AvgIpc) is 3.27.